The number of piperidine rings is 1. The highest BCUT2D eigenvalue weighted by Crippen LogP contribution is 2.32. The van der Waals surface area contributed by atoms with Gasteiger partial charge in [0, 0.05) is 37.8 Å². The Hall–Kier alpha value is -1.74. The average Bonchev–Trinajstić information content (AvgIpc) is 3.18. The normalized spacial score (nSPS) is 21.1. The molecule has 3 heterocycles. The number of hydrogen-bond donors (Lipinski definition) is 1. The average molecular weight is 377 g/mol. The lowest BCUT2D eigenvalue weighted by Gasteiger charge is -2.43. The van der Waals surface area contributed by atoms with Crippen molar-refractivity contribution in [3.8, 4) is 11.3 Å². The third-order valence-corrected chi connectivity index (χ3v) is 7.34. The van der Waals surface area contributed by atoms with Crippen LogP contribution in [0.3, 0.4) is 0 Å². The number of nitrogens with zero attached hydrogens (tertiary/aromatic N) is 2. The highest BCUT2D eigenvalue weighted by atomic mass is 32.2. The summed E-state index contributed by atoms with van der Waals surface area (Å²) < 4.78 is 39.1. The molecule has 0 amide bonds. The zero-order valence-corrected chi connectivity index (χ0v) is 15.6. The summed E-state index contributed by atoms with van der Waals surface area (Å²) in [6.07, 6.45) is 2.96. The summed E-state index contributed by atoms with van der Waals surface area (Å²) in [5.74, 6) is 0.556. The van der Waals surface area contributed by atoms with Crippen LogP contribution in [0.25, 0.3) is 11.3 Å². The van der Waals surface area contributed by atoms with Gasteiger partial charge in [-0.25, -0.2) is 8.42 Å². The third kappa shape index (κ3) is 3.18. The molecule has 1 aromatic heterocycles. The molecule has 2 aromatic rings. The van der Waals surface area contributed by atoms with Gasteiger partial charge in [-0.1, -0.05) is 17.3 Å². The Kier molecular flexibility index (Phi) is 4.60. The van der Waals surface area contributed by atoms with Gasteiger partial charge in [0.2, 0.25) is 10.0 Å². The maximum Gasteiger partial charge on any atom is 0.243 e. The molecule has 26 heavy (non-hydrogen) atoms. The van der Waals surface area contributed by atoms with Crippen molar-refractivity contribution in [2.45, 2.75) is 30.3 Å². The second-order valence-electron chi connectivity index (χ2n) is 6.97. The fraction of sp³-hybridized carbons (Fsp3) is 0.500. The van der Waals surface area contributed by atoms with Gasteiger partial charge in [0.05, 0.1) is 23.3 Å². The SMILES string of the molecule is Cc1ccc(-c2ccno2)cc1S(=O)(=O)N1CCC2(CC1)CNCCO2. The molecule has 4 rings (SSSR count). The molecule has 1 N–H and O–H groups in total. The summed E-state index contributed by atoms with van der Waals surface area (Å²) in [4.78, 5) is 0.324. The first-order chi connectivity index (χ1) is 12.5. The van der Waals surface area contributed by atoms with Crippen molar-refractivity contribution in [2.24, 2.45) is 0 Å². The van der Waals surface area contributed by atoms with E-state index in [4.69, 9.17) is 9.26 Å². The van der Waals surface area contributed by atoms with E-state index in [-0.39, 0.29) is 5.60 Å². The van der Waals surface area contributed by atoms with Crippen LogP contribution >= 0.6 is 0 Å². The first kappa shape index (κ1) is 17.7. The number of ether oxygens (including phenoxy) is 1. The molecular weight excluding hydrogens is 354 g/mol. The van der Waals surface area contributed by atoms with Gasteiger partial charge in [-0.15, -0.1) is 0 Å². The minimum Gasteiger partial charge on any atom is -0.372 e. The second-order valence-corrected chi connectivity index (χ2v) is 8.88. The monoisotopic (exact) mass is 377 g/mol. The molecule has 0 atom stereocenters. The summed E-state index contributed by atoms with van der Waals surface area (Å²) in [7, 11) is -3.57. The van der Waals surface area contributed by atoms with Crippen molar-refractivity contribution in [1.29, 1.82) is 0 Å². The van der Waals surface area contributed by atoms with Gasteiger partial charge in [0.15, 0.2) is 5.76 Å². The predicted molar refractivity (Wildman–Crippen MR) is 96.2 cm³/mol. The van der Waals surface area contributed by atoms with Gasteiger partial charge < -0.3 is 14.6 Å². The molecule has 2 aliphatic rings. The number of sulfonamides is 1. The molecule has 0 unspecified atom stereocenters. The maximum atomic E-state index is 13.2. The van der Waals surface area contributed by atoms with E-state index in [2.05, 4.69) is 10.5 Å². The van der Waals surface area contributed by atoms with Crippen LogP contribution in [0.1, 0.15) is 18.4 Å². The van der Waals surface area contributed by atoms with Crippen LogP contribution in [-0.2, 0) is 14.8 Å². The summed E-state index contributed by atoms with van der Waals surface area (Å²) in [5, 5.41) is 7.05. The Labute approximate surface area is 153 Å². The van der Waals surface area contributed by atoms with E-state index in [1.807, 2.05) is 19.1 Å². The topological polar surface area (TPSA) is 84.7 Å². The number of morpholine rings is 1. The van der Waals surface area contributed by atoms with Gasteiger partial charge in [0.1, 0.15) is 0 Å². The smallest absolute Gasteiger partial charge is 0.243 e. The molecule has 2 saturated heterocycles. The molecule has 0 radical (unpaired) electrons. The van der Waals surface area contributed by atoms with Gasteiger partial charge in [-0.3, -0.25) is 0 Å². The molecule has 140 valence electrons. The highest BCUT2D eigenvalue weighted by molar-refractivity contribution is 7.89. The van der Waals surface area contributed by atoms with Crippen molar-refractivity contribution in [2.75, 3.05) is 32.8 Å². The standard InChI is InChI=1S/C18H23N3O4S/c1-14-2-3-15(16-4-7-20-25-16)12-17(14)26(22,23)21-9-5-18(6-10-21)13-19-8-11-24-18/h2-4,7,12,19H,5-6,8-11,13H2,1H3. The van der Waals surface area contributed by atoms with Crippen LogP contribution < -0.4 is 5.32 Å². The first-order valence-corrected chi connectivity index (χ1v) is 10.3. The van der Waals surface area contributed by atoms with E-state index in [0.717, 1.165) is 18.7 Å². The number of rotatable bonds is 3. The predicted octanol–water partition coefficient (Wildman–Crippen LogP) is 1.79. The van der Waals surface area contributed by atoms with E-state index in [9.17, 15) is 8.42 Å². The Balaban J connectivity index is 1.58. The molecule has 7 nitrogen and oxygen atoms in total. The molecular formula is C18H23N3O4S. The van der Waals surface area contributed by atoms with Crippen molar-refractivity contribution in [3.63, 3.8) is 0 Å². The molecule has 2 fully saturated rings. The van der Waals surface area contributed by atoms with E-state index in [1.54, 1.807) is 22.6 Å². The van der Waals surface area contributed by atoms with Crippen LogP contribution in [0.2, 0.25) is 0 Å². The number of benzene rings is 1. The Morgan fingerprint density at radius 1 is 1.23 bits per heavy atom. The summed E-state index contributed by atoms with van der Waals surface area (Å²) >= 11 is 0. The third-order valence-electron chi connectivity index (χ3n) is 5.30. The van der Waals surface area contributed by atoms with Crippen LogP contribution in [0.15, 0.2) is 39.9 Å². The van der Waals surface area contributed by atoms with Gasteiger partial charge in [0.25, 0.3) is 0 Å². The minimum atomic E-state index is -3.57. The Morgan fingerprint density at radius 3 is 2.69 bits per heavy atom. The van der Waals surface area contributed by atoms with Crippen LogP contribution in [0.5, 0.6) is 0 Å². The van der Waals surface area contributed by atoms with Crippen molar-refractivity contribution in [1.82, 2.24) is 14.8 Å². The molecule has 0 bridgehead atoms. The van der Waals surface area contributed by atoms with Gasteiger partial charge in [-0.2, -0.15) is 4.31 Å². The maximum absolute atomic E-state index is 13.2. The zero-order valence-electron chi connectivity index (χ0n) is 14.8. The lowest BCUT2D eigenvalue weighted by Crippen LogP contribution is -2.56. The Bertz CT molecular complexity index is 864. The van der Waals surface area contributed by atoms with Crippen molar-refractivity contribution < 1.29 is 17.7 Å². The van der Waals surface area contributed by atoms with Crippen LogP contribution in [0.4, 0.5) is 0 Å². The molecule has 1 aromatic carbocycles. The zero-order chi connectivity index (χ0) is 18.2. The summed E-state index contributed by atoms with van der Waals surface area (Å²) in [6.45, 7) is 5.09. The van der Waals surface area contributed by atoms with Gasteiger partial charge >= 0.3 is 0 Å². The number of aryl methyl sites for hydroxylation is 1. The minimum absolute atomic E-state index is 0.221. The molecule has 0 saturated carbocycles. The van der Waals surface area contributed by atoms with E-state index < -0.39 is 10.0 Å². The van der Waals surface area contributed by atoms with Gasteiger partial charge in [-0.05, 0) is 31.4 Å². The lowest BCUT2D eigenvalue weighted by atomic mass is 9.91. The number of aromatic nitrogens is 1. The van der Waals surface area contributed by atoms with E-state index >= 15 is 0 Å². The lowest BCUT2D eigenvalue weighted by molar-refractivity contribution is -0.0915. The Morgan fingerprint density at radius 2 is 2.04 bits per heavy atom. The molecule has 8 heteroatoms. The second kappa shape index (κ2) is 6.77. The fourth-order valence-corrected chi connectivity index (χ4v) is 5.39. The van der Waals surface area contributed by atoms with Crippen LogP contribution in [-0.4, -0.2) is 56.3 Å². The fourth-order valence-electron chi connectivity index (χ4n) is 3.70. The largest absolute Gasteiger partial charge is 0.372 e. The molecule has 2 aliphatic heterocycles. The van der Waals surface area contributed by atoms with Crippen molar-refractivity contribution >= 4 is 10.0 Å². The summed E-state index contributed by atoms with van der Waals surface area (Å²) in [5.41, 5.74) is 1.21. The van der Waals surface area contributed by atoms with E-state index in [1.165, 1.54) is 0 Å². The highest BCUT2D eigenvalue weighted by Gasteiger charge is 2.40. The summed E-state index contributed by atoms with van der Waals surface area (Å²) in [6, 6.07) is 7.05. The van der Waals surface area contributed by atoms with Crippen LogP contribution in [0, 0.1) is 6.92 Å². The molecule has 1 spiro atoms. The van der Waals surface area contributed by atoms with Crippen molar-refractivity contribution in [3.05, 3.63) is 36.0 Å². The number of hydrogen-bond acceptors (Lipinski definition) is 6. The quantitative estimate of drug-likeness (QED) is 0.878. The first-order valence-electron chi connectivity index (χ1n) is 8.87. The van der Waals surface area contributed by atoms with E-state index in [0.29, 0.717) is 48.8 Å². The number of nitrogens with one attached hydrogen (secondary N) is 1. The molecule has 0 aliphatic carbocycles.